The Morgan fingerprint density at radius 1 is 1.69 bits per heavy atom. The first-order chi connectivity index (χ1) is 7.63. The molecule has 5 heteroatoms. The third-order valence-electron chi connectivity index (χ3n) is 2.25. The highest BCUT2D eigenvalue weighted by molar-refractivity contribution is 5.66. The normalized spacial score (nSPS) is 10.0. The molecule has 5 nitrogen and oxygen atoms in total. The van der Waals surface area contributed by atoms with Gasteiger partial charge >= 0.3 is 5.97 Å². The summed E-state index contributed by atoms with van der Waals surface area (Å²) in [6, 6.07) is 3.91. The summed E-state index contributed by atoms with van der Waals surface area (Å²) < 4.78 is 1.77. The van der Waals surface area contributed by atoms with Crippen molar-refractivity contribution in [3.8, 4) is 6.07 Å². The number of carboxylic acid groups (broad SMARTS) is 1. The van der Waals surface area contributed by atoms with Crippen molar-refractivity contribution in [1.29, 1.82) is 5.26 Å². The van der Waals surface area contributed by atoms with Crippen LogP contribution in [-0.2, 0) is 18.4 Å². The molecule has 0 spiro atoms. The SMILES string of the molecule is Cn1cc(CNCCCC(=O)O)cc1C#N. The summed E-state index contributed by atoms with van der Waals surface area (Å²) in [4.78, 5) is 10.3. The number of aliphatic carboxylic acids is 1. The average molecular weight is 221 g/mol. The molecule has 0 bridgehead atoms. The van der Waals surface area contributed by atoms with Gasteiger partial charge < -0.3 is 15.0 Å². The predicted octanol–water partition coefficient (Wildman–Crippen LogP) is 0.851. The molecule has 86 valence electrons. The Morgan fingerprint density at radius 2 is 2.44 bits per heavy atom. The van der Waals surface area contributed by atoms with E-state index < -0.39 is 5.97 Å². The van der Waals surface area contributed by atoms with Crippen LogP contribution in [0.5, 0.6) is 0 Å². The highest BCUT2D eigenvalue weighted by Crippen LogP contribution is 2.05. The van der Waals surface area contributed by atoms with Crippen molar-refractivity contribution >= 4 is 5.97 Å². The standard InChI is InChI=1S/C11H15N3O2/c1-14-8-9(5-10(14)6-12)7-13-4-2-3-11(15)16/h5,8,13H,2-4,7H2,1H3,(H,15,16). The molecule has 0 saturated heterocycles. The van der Waals surface area contributed by atoms with Crippen LogP contribution in [0.4, 0.5) is 0 Å². The maximum absolute atomic E-state index is 10.3. The zero-order valence-corrected chi connectivity index (χ0v) is 9.23. The van der Waals surface area contributed by atoms with E-state index >= 15 is 0 Å². The van der Waals surface area contributed by atoms with Gasteiger partial charge in [-0.1, -0.05) is 0 Å². The summed E-state index contributed by atoms with van der Waals surface area (Å²) >= 11 is 0. The molecule has 0 aliphatic rings. The minimum Gasteiger partial charge on any atom is -0.481 e. The zero-order valence-electron chi connectivity index (χ0n) is 9.23. The van der Waals surface area contributed by atoms with Gasteiger partial charge in [0.1, 0.15) is 11.8 Å². The molecular weight excluding hydrogens is 206 g/mol. The Hall–Kier alpha value is -1.80. The van der Waals surface area contributed by atoms with Crippen LogP contribution >= 0.6 is 0 Å². The van der Waals surface area contributed by atoms with Gasteiger partial charge in [-0.25, -0.2) is 0 Å². The van der Waals surface area contributed by atoms with Crippen molar-refractivity contribution in [2.45, 2.75) is 19.4 Å². The van der Waals surface area contributed by atoms with Crippen molar-refractivity contribution in [1.82, 2.24) is 9.88 Å². The highest BCUT2D eigenvalue weighted by Gasteiger charge is 2.01. The van der Waals surface area contributed by atoms with Crippen molar-refractivity contribution < 1.29 is 9.90 Å². The number of aromatic nitrogens is 1. The number of rotatable bonds is 6. The van der Waals surface area contributed by atoms with Crippen LogP contribution < -0.4 is 5.32 Å². The molecule has 0 aliphatic heterocycles. The number of nitrogens with zero attached hydrogens (tertiary/aromatic N) is 2. The fourth-order valence-electron chi connectivity index (χ4n) is 1.44. The van der Waals surface area contributed by atoms with E-state index in [0.29, 0.717) is 25.2 Å². The van der Waals surface area contributed by atoms with Crippen molar-refractivity contribution in [3.63, 3.8) is 0 Å². The summed E-state index contributed by atoms with van der Waals surface area (Å²) in [5, 5.41) is 20.3. The lowest BCUT2D eigenvalue weighted by Crippen LogP contribution is -2.15. The molecule has 0 fully saturated rings. The molecular formula is C11H15N3O2. The molecule has 1 rings (SSSR count). The van der Waals surface area contributed by atoms with Crippen molar-refractivity contribution in [2.75, 3.05) is 6.54 Å². The topological polar surface area (TPSA) is 78.1 Å². The Balaban J connectivity index is 2.27. The minimum absolute atomic E-state index is 0.186. The number of aryl methyl sites for hydroxylation is 1. The summed E-state index contributed by atoms with van der Waals surface area (Å²) in [7, 11) is 1.83. The number of nitrogens with one attached hydrogen (secondary N) is 1. The third kappa shape index (κ3) is 3.75. The van der Waals surface area contributed by atoms with Gasteiger partial charge in [0.15, 0.2) is 0 Å². The lowest BCUT2D eigenvalue weighted by Gasteiger charge is -2.00. The molecule has 0 amide bonds. The molecule has 2 N–H and O–H groups in total. The van der Waals surface area contributed by atoms with Gasteiger partial charge in [-0.2, -0.15) is 5.26 Å². The lowest BCUT2D eigenvalue weighted by atomic mass is 10.3. The Bertz CT molecular complexity index is 404. The van der Waals surface area contributed by atoms with Gasteiger partial charge in [0.2, 0.25) is 0 Å². The third-order valence-corrected chi connectivity index (χ3v) is 2.25. The van der Waals surface area contributed by atoms with Gasteiger partial charge in [0.25, 0.3) is 0 Å². The molecule has 1 heterocycles. The molecule has 0 saturated carbocycles. The smallest absolute Gasteiger partial charge is 0.303 e. The summed E-state index contributed by atoms with van der Waals surface area (Å²) in [6.45, 7) is 1.33. The number of carbonyl (C=O) groups is 1. The first-order valence-electron chi connectivity index (χ1n) is 5.11. The minimum atomic E-state index is -0.770. The number of hydrogen-bond donors (Lipinski definition) is 2. The van der Waals surface area contributed by atoms with Gasteiger partial charge in [-0.05, 0) is 24.6 Å². The van der Waals surface area contributed by atoms with Gasteiger partial charge in [-0.3, -0.25) is 4.79 Å². The predicted molar refractivity (Wildman–Crippen MR) is 58.7 cm³/mol. The fraction of sp³-hybridized carbons (Fsp3) is 0.455. The maximum atomic E-state index is 10.3. The van der Waals surface area contributed by atoms with Crippen LogP contribution in [0.25, 0.3) is 0 Å². The Morgan fingerprint density at radius 3 is 3.00 bits per heavy atom. The first-order valence-corrected chi connectivity index (χ1v) is 5.11. The molecule has 0 atom stereocenters. The molecule has 0 radical (unpaired) electrons. The van der Waals surface area contributed by atoms with E-state index in [0.717, 1.165) is 5.56 Å². The molecule has 0 aromatic carbocycles. The number of nitriles is 1. The molecule has 16 heavy (non-hydrogen) atoms. The second-order valence-corrected chi connectivity index (χ2v) is 3.63. The van der Waals surface area contributed by atoms with Crippen LogP contribution in [0.15, 0.2) is 12.3 Å². The quantitative estimate of drug-likeness (QED) is 0.698. The molecule has 1 aromatic heterocycles. The first kappa shape index (κ1) is 12.3. The molecule has 0 aliphatic carbocycles. The molecule has 1 aromatic rings. The van der Waals surface area contributed by atoms with E-state index in [-0.39, 0.29) is 6.42 Å². The Kier molecular flexibility index (Phi) is 4.55. The Labute approximate surface area is 94.3 Å². The monoisotopic (exact) mass is 221 g/mol. The van der Waals surface area contributed by atoms with E-state index in [1.807, 2.05) is 19.3 Å². The molecule has 0 unspecified atom stereocenters. The lowest BCUT2D eigenvalue weighted by molar-refractivity contribution is -0.137. The van der Waals surface area contributed by atoms with E-state index in [9.17, 15) is 4.79 Å². The highest BCUT2D eigenvalue weighted by atomic mass is 16.4. The van der Waals surface area contributed by atoms with E-state index in [2.05, 4.69) is 11.4 Å². The van der Waals surface area contributed by atoms with E-state index in [1.54, 1.807) is 4.57 Å². The summed E-state index contributed by atoms with van der Waals surface area (Å²) in [5.74, 6) is -0.770. The van der Waals surface area contributed by atoms with Gasteiger partial charge in [-0.15, -0.1) is 0 Å². The van der Waals surface area contributed by atoms with Gasteiger partial charge in [0, 0.05) is 26.2 Å². The van der Waals surface area contributed by atoms with Gasteiger partial charge in [0.05, 0.1) is 0 Å². The van der Waals surface area contributed by atoms with Crippen LogP contribution in [-0.4, -0.2) is 22.2 Å². The van der Waals surface area contributed by atoms with Crippen molar-refractivity contribution in [3.05, 3.63) is 23.5 Å². The van der Waals surface area contributed by atoms with Crippen LogP contribution in [0, 0.1) is 11.3 Å². The van der Waals surface area contributed by atoms with Crippen molar-refractivity contribution in [2.24, 2.45) is 7.05 Å². The zero-order chi connectivity index (χ0) is 12.0. The second kappa shape index (κ2) is 5.93. The van der Waals surface area contributed by atoms with Crippen LogP contribution in [0.2, 0.25) is 0 Å². The van der Waals surface area contributed by atoms with E-state index in [4.69, 9.17) is 10.4 Å². The summed E-state index contributed by atoms with van der Waals surface area (Å²) in [6.07, 6.45) is 2.70. The van der Waals surface area contributed by atoms with Crippen LogP contribution in [0.1, 0.15) is 24.1 Å². The average Bonchev–Trinajstić information content (AvgIpc) is 2.58. The largest absolute Gasteiger partial charge is 0.481 e. The summed E-state index contributed by atoms with van der Waals surface area (Å²) in [5.41, 5.74) is 1.66. The number of hydrogen-bond acceptors (Lipinski definition) is 3. The van der Waals surface area contributed by atoms with E-state index in [1.165, 1.54) is 0 Å². The fourth-order valence-corrected chi connectivity index (χ4v) is 1.44. The van der Waals surface area contributed by atoms with Crippen LogP contribution in [0.3, 0.4) is 0 Å². The second-order valence-electron chi connectivity index (χ2n) is 3.63. The number of carboxylic acids is 1. The maximum Gasteiger partial charge on any atom is 0.303 e.